The number of morpholine rings is 1. The fraction of sp³-hybridized carbons (Fsp3) is 0.238. The van der Waals surface area contributed by atoms with E-state index in [1.165, 1.54) is 0 Å². The Hall–Kier alpha value is -2.24. The van der Waals surface area contributed by atoms with Crippen LogP contribution in [-0.2, 0) is 4.74 Å². The summed E-state index contributed by atoms with van der Waals surface area (Å²) >= 11 is 3.51. The van der Waals surface area contributed by atoms with Crippen molar-refractivity contribution in [3.8, 4) is 11.3 Å². The molecule has 1 aliphatic rings. The van der Waals surface area contributed by atoms with Gasteiger partial charge < -0.3 is 9.64 Å². The van der Waals surface area contributed by atoms with Crippen molar-refractivity contribution in [2.45, 2.75) is 6.92 Å². The summed E-state index contributed by atoms with van der Waals surface area (Å²) in [6.07, 6.45) is 0. The van der Waals surface area contributed by atoms with E-state index in [4.69, 9.17) is 9.72 Å². The molecule has 1 saturated heterocycles. The second-order valence-corrected chi connectivity index (χ2v) is 7.41. The molecule has 2 aromatic carbocycles. The molecule has 0 atom stereocenters. The number of carbonyl (C=O) groups is 1. The zero-order chi connectivity index (χ0) is 18.1. The van der Waals surface area contributed by atoms with E-state index in [2.05, 4.69) is 15.9 Å². The molecule has 0 N–H and O–H groups in total. The average molecular weight is 411 g/mol. The van der Waals surface area contributed by atoms with E-state index in [1.807, 2.05) is 60.4 Å². The van der Waals surface area contributed by atoms with Crippen LogP contribution in [0.15, 0.2) is 53.0 Å². The number of rotatable bonds is 2. The molecule has 3 aromatic rings. The Kier molecular flexibility index (Phi) is 4.74. The number of ether oxygens (including phenoxy) is 1. The number of pyridine rings is 1. The maximum absolute atomic E-state index is 13.2. The summed E-state index contributed by atoms with van der Waals surface area (Å²) in [7, 11) is 0. The molecule has 1 fully saturated rings. The quantitative estimate of drug-likeness (QED) is 0.626. The molecule has 1 aliphatic heterocycles. The monoisotopic (exact) mass is 410 g/mol. The lowest BCUT2D eigenvalue weighted by Crippen LogP contribution is -2.40. The molecule has 0 saturated carbocycles. The Morgan fingerprint density at radius 3 is 2.69 bits per heavy atom. The second-order valence-electron chi connectivity index (χ2n) is 6.49. The fourth-order valence-electron chi connectivity index (χ4n) is 3.25. The van der Waals surface area contributed by atoms with Crippen LogP contribution >= 0.6 is 15.9 Å². The molecule has 0 radical (unpaired) electrons. The van der Waals surface area contributed by atoms with E-state index in [1.54, 1.807) is 0 Å². The highest BCUT2D eigenvalue weighted by molar-refractivity contribution is 9.10. The Bertz CT molecular complexity index is 981. The first-order chi connectivity index (χ1) is 12.6. The number of fused-ring (bicyclic) bond motifs is 1. The predicted molar refractivity (Wildman–Crippen MR) is 106 cm³/mol. The minimum atomic E-state index is 0.0440. The summed E-state index contributed by atoms with van der Waals surface area (Å²) in [5.74, 6) is 0.0440. The van der Waals surface area contributed by atoms with Gasteiger partial charge in [0.15, 0.2) is 0 Å². The molecule has 26 heavy (non-hydrogen) atoms. The highest BCUT2D eigenvalue weighted by Crippen LogP contribution is 2.28. The third kappa shape index (κ3) is 3.37. The maximum Gasteiger partial charge on any atom is 0.254 e. The lowest BCUT2D eigenvalue weighted by molar-refractivity contribution is 0.0304. The Morgan fingerprint density at radius 1 is 1.12 bits per heavy atom. The van der Waals surface area contributed by atoms with Crippen molar-refractivity contribution >= 4 is 32.7 Å². The van der Waals surface area contributed by atoms with Crippen molar-refractivity contribution in [1.82, 2.24) is 9.88 Å². The van der Waals surface area contributed by atoms with Crippen molar-refractivity contribution in [3.63, 3.8) is 0 Å². The molecule has 0 unspecified atom stereocenters. The molecule has 5 heteroatoms. The van der Waals surface area contributed by atoms with Gasteiger partial charge in [-0.2, -0.15) is 0 Å². The summed E-state index contributed by atoms with van der Waals surface area (Å²) in [5.41, 5.74) is 4.45. The molecule has 4 rings (SSSR count). The molecular weight excluding hydrogens is 392 g/mol. The lowest BCUT2D eigenvalue weighted by Gasteiger charge is -2.27. The topological polar surface area (TPSA) is 42.4 Å². The minimum absolute atomic E-state index is 0.0440. The van der Waals surface area contributed by atoms with Gasteiger partial charge in [0, 0.05) is 28.5 Å². The Morgan fingerprint density at radius 2 is 1.92 bits per heavy atom. The number of halogens is 1. The molecule has 1 amide bonds. The van der Waals surface area contributed by atoms with Crippen molar-refractivity contribution < 1.29 is 9.53 Å². The molecule has 4 nitrogen and oxygen atoms in total. The van der Waals surface area contributed by atoms with Crippen LogP contribution in [0.4, 0.5) is 0 Å². The predicted octanol–water partition coefficient (Wildman–Crippen LogP) is 4.45. The second kappa shape index (κ2) is 7.17. The van der Waals surface area contributed by atoms with Gasteiger partial charge in [0.1, 0.15) is 0 Å². The van der Waals surface area contributed by atoms with Crippen molar-refractivity contribution in [3.05, 3.63) is 64.1 Å². The van der Waals surface area contributed by atoms with E-state index in [-0.39, 0.29) is 5.91 Å². The molecule has 0 spiro atoms. The number of benzene rings is 2. The van der Waals surface area contributed by atoms with Gasteiger partial charge in [0.05, 0.1) is 30.0 Å². The van der Waals surface area contributed by atoms with E-state index in [0.717, 1.165) is 32.2 Å². The van der Waals surface area contributed by atoms with Gasteiger partial charge in [-0.1, -0.05) is 39.7 Å². The summed E-state index contributed by atoms with van der Waals surface area (Å²) in [6, 6.07) is 16.0. The van der Waals surface area contributed by atoms with Crippen molar-refractivity contribution in [2.24, 2.45) is 0 Å². The van der Waals surface area contributed by atoms with Crippen LogP contribution in [0.5, 0.6) is 0 Å². The van der Waals surface area contributed by atoms with Gasteiger partial charge in [0.2, 0.25) is 0 Å². The van der Waals surface area contributed by atoms with E-state index in [0.29, 0.717) is 31.9 Å². The Balaban J connectivity index is 1.88. The Labute approximate surface area is 160 Å². The smallest absolute Gasteiger partial charge is 0.254 e. The fourth-order valence-corrected chi connectivity index (χ4v) is 3.65. The summed E-state index contributed by atoms with van der Waals surface area (Å²) in [6.45, 7) is 4.46. The molecule has 0 bridgehead atoms. The van der Waals surface area contributed by atoms with Gasteiger partial charge in [-0.05, 0) is 37.3 Å². The molecule has 1 aromatic heterocycles. The van der Waals surface area contributed by atoms with Gasteiger partial charge in [-0.25, -0.2) is 4.98 Å². The number of hydrogen-bond donors (Lipinski definition) is 0. The minimum Gasteiger partial charge on any atom is -0.378 e. The number of amides is 1. The number of aryl methyl sites for hydroxylation is 1. The van der Waals surface area contributed by atoms with Crippen LogP contribution in [0.3, 0.4) is 0 Å². The van der Waals surface area contributed by atoms with Crippen molar-refractivity contribution in [1.29, 1.82) is 0 Å². The van der Waals surface area contributed by atoms with Crippen molar-refractivity contribution in [2.75, 3.05) is 26.3 Å². The summed E-state index contributed by atoms with van der Waals surface area (Å²) in [5, 5.41) is 0.903. The SMILES string of the molecule is Cc1ccc2nc(-c3cccc(Br)c3)cc(C(=O)N3CCOCC3)c2c1. The van der Waals surface area contributed by atoms with Crippen LogP contribution < -0.4 is 0 Å². The molecular formula is C21H19BrN2O2. The third-order valence-corrected chi connectivity index (χ3v) is 5.11. The zero-order valence-electron chi connectivity index (χ0n) is 14.5. The van der Waals surface area contributed by atoms with E-state index < -0.39 is 0 Å². The van der Waals surface area contributed by atoms with Crippen LogP contribution in [-0.4, -0.2) is 42.1 Å². The van der Waals surface area contributed by atoms with E-state index in [9.17, 15) is 4.79 Å². The molecule has 0 aliphatic carbocycles. The first-order valence-corrected chi connectivity index (χ1v) is 9.45. The van der Waals surface area contributed by atoms with Crippen LogP contribution in [0, 0.1) is 6.92 Å². The third-order valence-electron chi connectivity index (χ3n) is 4.61. The first kappa shape index (κ1) is 17.2. The van der Waals surface area contributed by atoms with E-state index >= 15 is 0 Å². The van der Waals surface area contributed by atoms with Gasteiger partial charge in [-0.3, -0.25) is 4.79 Å². The number of carbonyl (C=O) groups excluding carboxylic acids is 1. The molecule has 2 heterocycles. The molecule has 132 valence electrons. The van der Waals surface area contributed by atoms with Gasteiger partial charge in [-0.15, -0.1) is 0 Å². The highest BCUT2D eigenvalue weighted by Gasteiger charge is 2.22. The number of aromatic nitrogens is 1. The highest BCUT2D eigenvalue weighted by atomic mass is 79.9. The van der Waals surface area contributed by atoms with Crippen LogP contribution in [0.1, 0.15) is 15.9 Å². The average Bonchev–Trinajstić information content (AvgIpc) is 2.67. The van der Waals surface area contributed by atoms with Gasteiger partial charge in [0.25, 0.3) is 5.91 Å². The van der Waals surface area contributed by atoms with Crippen LogP contribution in [0.2, 0.25) is 0 Å². The normalized spacial score (nSPS) is 14.6. The lowest BCUT2D eigenvalue weighted by atomic mass is 10.0. The number of nitrogens with zero attached hydrogens (tertiary/aromatic N) is 2. The number of hydrogen-bond acceptors (Lipinski definition) is 3. The summed E-state index contributed by atoms with van der Waals surface area (Å²) < 4.78 is 6.37. The largest absolute Gasteiger partial charge is 0.378 e. The first-order valence-electron chi connectivity index (χ1n) is 8.66. The standard InChI is InChI=1S/C21H19BrN2O2/c1-14-5-6-19-17(11-14)18(21(25)24-7-9-26-10-8-24)13-20(23-19)15-3-2-4-16(22)12-15/h2-6,11-13H,7-10H2,1H3. The summed E-state index contributed by atoms with van der Waals surface area (Å²) in [4.78, 5) is 19.9. The maximum atomic E-state index is 13.2. The zero-order valence-corrected chi connectivity index (χ0v) is 16.1. The van der Waals surface area contributed by atoms with Crippen LogP contribution in [0.25, 0.3) is 22.2 Å². The van der Waals surface area contributed by atoms with Gasteiger partial charge >= 0.3 is 0 Å².